The second-order valence-electron chi connectivity index (χ2n) is 11.3. The maximum absolute atomic E-state index is 1.62. The third-order valence-electron chi connectivity index (χ3n) is 10.2. The second-order valence-corrected chi connectivity index (χ2v) is 11.3. The molecule has 8 atom stereocenters. The van der Waals surface area contributed by atoms with Crippen LogP contribution < -0.4 is 0 Å². The lowest BCUT2D eigenvalue weighted by Crippen LogP contribution is -2.23. The molecule has 0 radical (unpaired) electrons. The minimum Gasteiger partial charge on any atom is -0.0530 e. The summed E-state index contributed by atoms with van der Waals surface area (Å²) in [6.45, 7) is 0. The normalized spacial score (nSPS) is 49.8. The molecule has 148 valence electrons. The van der Waals surface area contributed by atoms with Crippen molar-refractivity contribution in [2.45, 2.75) is 116 Å². The molecule has 0 aromatic heterocycles. The predicted molar refractivity (Wildman–Crippen MR) is 111 cm³/mol. The van der Waals surface area contributed by atoms with Crippen LogP contribution in [0, 0.1) is 47.3 Å². The minimum absolute atomic E-state index is 1.16. The molecule has 0 N–H and O–H groups in total. The average Bonchev–Trinajstić information content (AvgIpc) is 2.97. The molecule has 6 fully saturated rings. The molecule has 6 saturated carbocycles. The van der Waals surface area contributed by atoms with E-state index in [2.05, 4.69) is 0 Å². The molecule has 6 rings (SSSR count). The van der Waals surface area contributed by atoms with Crippen LogP contribution in [-0.4, -0.2) is 0 Å². The first-order chi connectivity index (χ1) is 12.9. The molecular weight excluding hydrogens is 312 g/mol. The molecule has 0 nitrogen and oxygen atoms in total. The average molecular weight is 357 g/mol. The Hall–Kier alpha value is 0. The van der Waals surface area contributed by atoms with Crippen molar-refractivity contribution < 1.29 is 0 Å². The summed E-state index contributed by atoms with van der Waals surface area (Å²) in [5.41, 5.74) is 0. The molecular formula is C26H44. The summed E-state index contributed by atoms with van der Waals surface area (Å²) in [7, 11) is 0. The van der Waals surface area contributed by atoms with E-state index in [0.717, 1.165) is 23.7 Å². The van der Waals surface area contributed by atoms with Gasteiger partial charge in [-0.3, -0.25) is 0 Å². The molecule has 26 heavy (non-hydrogen) atoms. The SMILES string of the molecule is C1CCC2CC(C1)C1CCCCC21.C1CCC2CC(C1)C1CCCCC21. The van der Waals surface area contributed by atoms with Gasteiger partial charge < -0.3 is 0 Å². The molecule has 0 heteroatoms. The van der Waals surface area contributed by atoms with E-state index in [-0.39, 0.29) is 0 Å². The van der Waals surface area contributed by atoms with Crippen LogP contribution >= 0.6 is 0 Å². The van der Waals surface area contributed by atoms with Gasteiger partial charge in [0.25, 0.3) is 0 Å². The monoisotopic (exact) mass is 356 g/mol. The van der Waals surface area contributed by atoms with Gasteiger partial charge in [-0.2, -0.15) is 0 Å². The van der Waals surface area contributed by atoms with Gasteiger partial charge in [0.05, 0.1) is 0 Å². The highest BCUT2D eigenvalue weighted by Crippen LogP contribution is 2.55. The fourth-order valence-corrected chi connectivity index (χ4v) is 9.15. The lowest BCUT2D eigenvalue weighted by molar-refractivity contribution is 0.179. The Balaban J connectivity index is 0.000000115. The summed E-state index contributed by atoms with van der Waals surface area (Å²) >= 11 is 0. The first-order valence-corrected chi connectivity index (χ1v) is 12.9. The van der Waals surface area contributed by atoms with Gasteiger partial charge in [0.2, 0.25) is 0 Å². The molecule has 4 bridgehead atoms. The highest BCUT2D eigenvalue weighted by Gasteiger charge is 2.45. The van der Waals surface area contributed by atoms with Crippen LogP contribution in [0.25, 0.3) is 0 Å². The number of fused-ring (bicyclic) bond motifs is 10. The van der Waals surface area contributed by atoms with Crippen molar-refractivity contribution in [3.05, 3.63) is 0 Å². The van der Waals surface area contributed by atoms with Crippen LogP contribution in [-0.2, 0) is 0 Å². The standard InChI is InChI=1S/2C13H22/c2*1-2-6-11-9-10(5-1)12-7-3-4-8-13(11)12/h2*10-13H,1-9H2. The van der Waals surface area contributed by atoms with Crippen molar-refractivity contribution in [1.29, 1.82) is 0 Å². The predicted octanol–water partition coefficient (Wildman–Crippen LogP) is 8.01. The summed E-state index contributed by atoms with van der Waals surface area (Å²) in [4.78, 5) is 0. The third kappa shape index (κ3) is 3.53. The van der Waals surface area contributed by atoms with Gasteiger partial charge in [-0.05, 0) is 85.9 Å². The quantitative estimate of drug-likeness (QED) is 0.412. The Labute approximate surface area is 163 Å². The highest BCUT2D eigenvalue weighted by molar-refractivity contribution is 4.95. The maximum atomic E-state index is 1.62. The maximum Gasteiger partial charge on any atom is -0.0355 e. The Bertz CT molecular complexity index is 371. The summed E-state index contributed by atoms with van der Waals surface area (Å²) in [6, 6.07) is 0. The van der Waals surface area contributed by atoms with E-state index in [4.69, 9.17) is 0 Å². The van der Waals surface area contributed by atoms with E-state index in [1.165, 1.54) is 23.7 Å². The lowest BCUT2D eigenvalue weighted by atomic mass is 9.73. The molecule has 6 aliphatic carbocycles. The molecule has 0 aliphatic heterocycles. The van der Waals surface area contributed by atoms with Crippen LogP contribution in [0.2, 0.25) is 0 Å². The van der Waals surface area contributed by atoms with E-state index in [9.17, 15) is 0 Å². The topological polar surface area (TPSA) is 0 Å². The molecule has 0 amide bonds. The highest BCUT2D eigenvalue weighted by atomic mass is 14.5. The van der Waals surface area contributed by atoms with Gasteiger partial charge in [-0.25, -0.2) is 0 Å². The van der Waals surface area contributed by atoms with Crippen LogP contribution in [0.15, 0.2) is 0 Å². The Morgan fingerprint density at radius 2 is 0.500 bits per heavy atom. The first kappa shape index (κ1) is 18.1. The van der Waals surface area contributed by atoms with Crippen molar-refractivity contribution in [2.24, 2.45) is 47.3 Å². The Morgan fingerprint density at radius 3 is 0.769 bits per heavy atom. The third-order valence-corrected chi connectivity index (χ3v) is 10.2. The van der Waals surface area contributed by atoms with E-state index in [1.54, 1.807) is 116 Å². The summed E-state index contributed by atoms with van der Waals surface area (Å²) in [5, 5.41) is 0. The molecule has 0 heterocycles. The zero-order valence-corrected chi connectivity index (χ0v) is 17.3. The molecule has 0 aromatic carbocycles. The van der Waals surface area contributed by atoms with E-state index in [1.807, 2.05) is 0 Å². The number of hydrogen-bond acceptors (Lipinski definition) is 0. The number of hydrogen-bond donors (Lipinski definition) is 0. The van der Waals surface area contributed by atoms with Crippen molar-refractivity contribution in [1.82, 2.24) is 0 Å². The van der Waals surface area contributed by atoms with Gasteiger partial charge in [-0.1, -0.05) is 77.0 Å². The van der Waals surface area contributed by atoms with Crippen LogP contribution in [0.3, 0.4) is 0 Å². The van der Waals surface area contributed by atoms with Gasteiger partial charge in [0, 0.05) is 0 Å². The van der Waals surface area contributed by atoms with Crippen molar-refractivity contribution in [3.8, 4) is 0 Å². The van der Waals surface area contributed by atoms with Gasteiger partial charge in [0.15, 0.2) is 0 Å². The van der Waals surface area contributed by atoms with Gasteiger partial charge in [-0.15, -0.1) is 0 Å². The van der Waals surface area contributed by atoms with Gasteiger partial charge >= 0.3 is 0 Å². The smallest absolute Gasteiger partial charge is 0.0355 e. The molecule has 6 aliphatic rings. The number of rotatable bonds is 0. The zero-order valence-electron chi connectivity index (χ0n) is 17.3. The van der Waals surface area contributed by atoms with Crippen LogP contribution in [0.1, 0.15) is 116 Å². The molecule has 0 spiro atoms. The van der Waals surface area contributed by atoms with Crippen LogP contribution in [0.4, 0.5) is 0 Å². The largest absolute Gasteiger partial charge is 0.0530 e. The fraction of sp³-hybridized carbons (Fsp3) is 1.00. The summed E-state index contributed by atoms with van der Waals surface area (Å²) in [6.07, 6.45) is 28.3. The fourth-order valence-electron chi connectivity index (χ4n) is 9.15. The Kier molecular flexibility index (Phi) is 5.67. The summed E-state index contributed by atoms with van der Waals surface area (Å²) < 4.78 is 0. The molecule has 0 saturated heterocycles. The Morgan fingerprint density at radius 1 is 0.269 bits per heavy atom. The van der Waals surface area contributed by atoms with Crippen molar-refractivity contribution in [2.75, 3.05) is 0 Å². The summed E-state index contributed by atoms with van der Waals surface area (Å²) in [5.74, 6) is 9.38. The van der Waals surface area contributed by atoms with E-state index >= 15 is 0 Å². The van der Waals surface area contributed by atoms with E-state index < -0.39 is 0 Å². The van der Waals surface area contributed by atoms with Crippen molar-refractivity contribution in [3.63, 3.8) is 0 Å². The molecule has 0 aromatic rings. The molecule has 8 unspecified atom stereocenters. The second kappa shape index (κ2) is 8.16. The lowest BCUT2D eigenvalue weighted by Gasteiger charge is -2.32. The zero-order chi connectivity index (χ0) is 17.3. The van der Waals surface area contributed by atoms with Gasteiger partial charge in [0.1, 0.15) is 0 Å². The minimum atomic E-state index is 1.16. The first-order valence-electron chi connectivity index (χ1n) is 12.9. The van der Waals surface area contributed by atoms with Crippen molar-refractivity contribution >= 4 is 0 Å². The van der Waals surface area contributed by atoms with Crippen LogP contribution in [0.5, 0.6) is 0 Å². The van der Waals surface area contributed by atoms with E-state index in [0.29, 0.717) is 0 Å².